The van der Waals surface area contributed by atoms with Crippen molar-refractivity contribution in [2.45, 2.75) is 38.0 Å². The van der Waals surface area contributed by atoms with Gasteiger partial charge in [-0.2, -0.15) is 13.2 Å². The molecule has 1 aliphatic rings. The van der Waals surface area contributed by atoms with Crippen LogP contribution in [0.15, 0.2) is 42.6 Å². The molecule has 0 spiro atoms. The predicted octanol–water partition coefficient (Wildman–Crippen LogP) is 5.98. The number of alkyl halides is 4. The number of urea groups is 1. The molecule has 3 heterocycles. The first-order chi connectivity index (χ1) is 18.0. The van der Waals surface area contributed by atoms with Crippen LogP contribution in [-0.4, -0.2) is 45.6 Å². The molecule has 13 heteroatoms. The molecule has 2 aromatic heterocycles. The van der Waals surface area contributed by atoms with E-state index < -0.39 is 48.0 Å². The third-order valence-corrected chi connectivity index (χ3v) is 6.06. The van der Waals surface area contributed by atoms with Crippen molar-refractivity contribution in [1.82, 2.24) is 19.9 Å². The van der Waals surface area contributed by atoms with E-state index >= 15 is 4.39 Å². The number of rotatable bonds is 6. The van der Waals surface area contributed by atoms with Gasteiger partial charge in [-0.25, -0.2) is 32.9 Å². The largest absolute Gasteiger partial charge is 0.474 e. The van der Waals surface area contributed by atoms with E-state index in [-0.39, 0.29) is 30.5 Å². The fourth-order valence-corrected chi connectivity index (χ4v) is 4.13. The van der Waals surface area contributed by atoms with Crippen LogP contribution in [0.5, 0.6) is 5.88 Å². The Kier molecular flexibility index (Phi) is 8.02. The molecule has 1 aromatic carbocycles. The maximum Gasteiger partial charge on any atom is 0.433 e. The first-order valence-electron chi connectivity index (χ1n) is 11.7. The molecule has 1 aliphatic heterocycles. The van der Waals surface area contributed by atoms with Crippen LogP contribution in [0.2, 0.25) is 0 Å². The second-order valence-electron chi connectivity index (χ2n) is 8.68. The molecule has 2 amide bonds. The number of piperidine rings is 1. The summed E-state index contributed by atoms with van der Waals surface area (Å²) in [6, 6.07) is 5.68. The van der Waals surface area contributed by atoms with Crippen molar-refractivity contribution in [3.05, 3.63) is 77.0 Å². The minimum Gasteiger partial charge on any atom is -0.474 e. The van der Waals surface area contributed by atoms with E-state index in [0.29, 0.717) is 24.4 Å². The number of aromatic nitrogens is 3. The highest BCUT2D eigenvalue weighted by atomic mass is 19.4. The average molecular weight is 539 g/mol. The van der Waals surface area contributed by atoms with E-state index in [1.54, 1.807) is 6.92 Å². The highest BCUT2D eigenvalue weighted by Crippen LogP contribution is 2.34. The number of para-hydroxylation sites is 1. The normalized spacial score (nSPS) is 15.3. The van der Waals surface area contributed by atoms with Gasteiger partial charge in [0.25, 0.3) is 0 Å². The van der Waals surface area contributed by atoms with Gasteiger partial charge in [-0.3, -0.25) is 0 Å². The van der Waals surface area contributed by atoms with Gasteiger partial charge in [-0.1, -0.05) is 12.1 Å². The Labute approximate surface area is 213 Å². The fraction of sp³-hybridized carbons (Fsp3) is 0.360. The number of nitrogens with one attached hydrogen (secondary N) is 1. The van der Waals surface area contributed by atoms with Gasteiger partial charge in [-0.15, -0.1) is 0 Å². The van der Waals surface area contributed by atoms with Crippen LogP contribution < -0.4 is 10.1 Å². The number of aryl methyl sites for hydroxylation is 1. The van der Waals surface area contributed by atoms with Crippen LogP contribution in [0.1, 0.15) is 47.7 Å². The Balaban J connectivity index is 1.41. The highest BCUT2D eigenvalue weighted by Gasteiger charge is 2.33. The van der Waals surface area contributed by atoms with Gasteiger partial charge in [0.2, 0.25) is 5.88 Å². The van der Waals surface area contributed by atoms with E-state index in [1.165, 1.54) is 23.2 Å². The number of ether oxygens (including phenoxy) is 1. The summed E-state index contributed by atoms with van der Waals surface area (Å²) in [6.07, 6.45) is -4.33. The molecule has 202 valence electrons. The fourth-order valence-electron chi connectivity index (χ4n) is 4.13. The molecular weight excluding hydrogens is 516 g/mol. The number of hydrogen-bond acceptors (Lipinski definition) is 5. The number of hydrogen-bond donors (Lipinski definition) is 1. The summed E-state index contributed by atoms with van der Waals surface area (Å²) in [5, 5.41) is 2.25. The second-order valence-corrected chi connectivity index (χ2v) is 8.68. The molecule has 1 atom stereocenters. The van der Waals surface area contributed by atoms with Crippen LogP contribution in [0.3, 0.4) is 0 Å². The first kappa shape index (κ1) is 27.1. The van der Waals surface area contributed by atoms with Crippen molar-refractivity contribution < 1.29 is 35.9 Å². The summed E-state index contributed by atoms with van der Waals surface area (Å²) in [7, 11) is 0. The average Bonchev–Trinajstić information content (AvgIpc) is 2.89. The number of carbonyl (C=O) groups is 1. The van der Waals surface area contributed by atoms with E-state index in [2.05, 4.69) is 20.3 Å². The van der Waals surface area contributed by atoms with Crippen LogP contribution in [0.25, 0.3) is 0 Å². The number of halogens is 6. The van der Waals surface area contributed by atoms with Crippen molar-refractivity contribution in [3.8, 4) is 5.88 Å². The molecule has 7 nitrogen and oxygen atoms in total. The minimum atomic E-state index is -4.67. The lowest BCUT2D eigenvalue weighted by molar-refractivity contribution is -0.141. The Morgan fingerprint density at radius 3 is 2.42 bits per heavy atom. The van der Waals surface area contributed by atoms with Crippen LogP contribution in [-0.2, 0) is 6.18 Å². The summed E-state index contributed by atoms with van der Waals surface area (Å²) in [5.74, 6) is -2.03. The Bertz CT molecular complexity index is 1280. The summed E-state index contributed by atoms with van der Waals surface area (Å²) in [4.78, 5) is 25.8. The zero-order valence-electron chi connectivity index (χ0n) is 20.1. The van der Waals surface area contributed by atoms with Crippen LogP contribution in [0.4, 0.5) is 36.8 Å². The smallest absolute Gasteiger partial charge is 0.433 e. The SMILES string of the molecule is Cc1ncc(C(F)COc2cccc(C(F)(F)F)n2)c(C2CCN(C(=O)Nc3c(F)cccc3F)CC2)n1. The van der Waals surface area contributed by atoms with E-state index in [1.807, 2.05) is 0 Å². The van der Waals surface area contributed by atoms with Gasteiger partial charge < -0.3 is 15.0 Å². The van der Waals surface area contributed by atoms with Gasteiger partial charge in [0, 0.05) is 36.8 Å². The summed E-state index contributed by atoms with van der Waals surface area (Å²) in [5.41, 5.74) is -1.16. The number of anilines is 1. The Morgan fingerprint density at radius 2 is 1.76 bits per heavy atom. The van der Waals surface area contributed by atoms with Crippen LogP contribution >= 0.6 is 0 Å². The maximum absolute atomic E-state index is 15.2. The highest BCUT2D eigenvalue weighted by molar-refractivity contribution is 5.89. The van der Waals surface area contributed by atoms with Crippen molar-refractivity contribution in [3.63, 3.8) is 0 Å². The Hall–Kier alpha value is -3.90. The van der Waals surface area contributed by atoms with E-state index in [0.717, 1.165) is 24.3 Å². The standard InChI is InChI=1S/C25H23F6N5O2/c1-14-32-12-16(19(28)13-38-21-7-3-6-20(34-21)25(29,30)31)22(33-14)15-8-10-36(11-9-15)24(37)35-23-17(26)4-2-5-18(23)27/h2-7,12,15,19H,8-11,13H2,1H3,(H,35,37). The monoisotopic (exact) mass is 539 g/mol. The van der Waals surface area contributed by atoms with Crippen molar-refractivity contribution in [1.29, 1.82) is 0 Å². The zero-order chi connectivity index (χ0) is 27.4. The second kappa shape index (κ2) is 11.2. The van der Waals surface area contributed by atoms with Gasteiger partial charge in [0.05, 0.1) is 5.69 Å². The van der Waals surface area contributed by atoms with Gasteiger partial charge in [0.1, 0.15) is 35.4 Å². The van der Waals surface area contributed by atoms with Gasteiger partial charge in [0.15, 0.2) is 6.17 Å². The number of nitrogens with zero attached hydrogens (tertiary/aromatic N) is 4. The van der Waals surface area contributed by atoms with Crippen molar-refractivity contribution >= 4 is 11.7 Å². The maximum atomic E-state index is 15.2. The molecule has 1 saturated heterocycles. The molecular formula is C25H23F6N5O2. The van der Waals surface area contributed by atoms with E-state index in [4.69, 9.17) is 4.74 Å². The third-order valence-electron chi connectivity index (χ3n) is 6.06. The summed E-state index contributed by atoms with van der Waals surface area (Å²) >= 11 is 0. The van der Waals surface area contributed by atoms with Crippen LogP contribution in [0, 0.1) is 18.6 Å². The minimum absolute atomic E-state index is 0.124. The number of pyridine rings is 1. The summed E-state index contributed by atoms with van der Waals surface area (Å²) in [6.45, 7) is 1.46. The third kappa shape index (κ3) is 6.32. The van der Waals surface area contributed by atoms with E-state index in [9.17, 15) is 26.7 Å². The molecule has 0 saturated carbocycles. The summed E-state index contributed by atoms with van der Waals surface area (Å²) < 4.78 is 86.8. The van der Waals surface area contributed by atoms with Crippen molar-refractivity contribution in [2.75, 3.05) is 25.0 Å². The lowest BCUT2D eigenvalue weighted by Crippen LogP contribution is -2.41. The Morgan fingerprint density at radius 1 is 1.11 bits per heavy atom. The lowest BCUT2D eigenvalue weighted by Gasteiger charge is -2.32. The first-order valence-corrected chi connectivity index (χ1v) is 11.7. The molecule has 3 aromatic rings. The number of amides is 2. The molecule has 0 bridgehead atoms. The number of benzene rings is 1. The van der Waals surface area contributed by atoms with Gasteiger partial charge >= 0.3 is 12.2 Å². The van der Waals surface area contributed by atoms with Gasteiger partial charge in [-0.05, 0) is 38.0 Å². The number of likely N-dealkylation sites (tertiary alicyclic amines) is 1. The quantitative estimate of drug-likeness (QED) is 0.390. The topological polar surface area (TPSA) is 80.2 Å². The predicted molar refractivity (Wildman–Crippen MR) is 124 cm³/mol. The zero-order valence-corrected chi connectivity index (χ0v) is 20.1. The van der Waals surface area contributed by atoms with Crippen molar-refractivity contribution in [2.24, 2.45) is 0 Å². The molecule has 0 radical (unpaired) electrons. The lowest BCUT2D eigenvalue weighted by atomic mass is 9.90. The molecule has 1 fully saturated rings. The number of carbonyl (C=O) groups excluding carboxylic acids is 1. The molecule has 38 heavy (non-hydrogen) atoms. The molecule has 1 N–H and O–H groups in total. The molecule has 4 rings (SSSR count). The molecule has 0 aliphatic carbocycles. The molecule has 1 unspecified atom stereocenters.